The van der Waals surface area contributed by atoms with Gasteiger partial charge in [0.25, 0.3) is 5.91 Å². The number of hydrogen-bond acceptors (Lipinski definition) is 4. The first-order chi connectivity index (χ1) is 10.0. The van der Waals surface area contributed by atoms with E-state index in [0.717, 1.165) is 23.6 Å². The smallest absolute Gasteiger partial charge is 0.251 e. The van der Waals surface area contributed by atoms with Crippen molar-refractivity contribution >= 4 is 11.7 Å². The van der Waals surface area contributed by atoms with Gasteiger partial charge in [0, 0.05) is 23.9 Å². The first-order valence-electron chi connectivity index (χ1n) is 7.09. The third-order valence-corrected chi connectivity index (χ3v) is 3.27. The van der Waals surface area contributed by atoms with E-state index in [1.54, 1.807) is 18.3 Å². The average Bonchev–Trinajstić information content (AvgIpc) is 2.78. The molecule has 0 aliphatic rings. The minimum atomic E-state index is -0.123. The first kappa shape index (κ1) is 15.1. The number of amides is 1. The second-order valence-electron chi connectivity index (χ2n) is 5.02. The van der Waals surface area contributed by atoms with Crippen molar-refractivity contribution in [3.05, 3.63) is 47.0 Å². The Bertz CT molecular complexity index is 634. The lowest BCUT2D eigenvalue weighted by Gasteiger charge is -2.13. The Morgan fingerprint density at radius 1 is 1.38 bits per heavy atom. The predicted octanol–water partition coefficient (Wildman–Crippen LogP) is 3.21. The van der Waals surface area contributed by atoms with Crippen LogP contribution in [-0.4, -0.2) is 17.4 Å². The van der Waals surface area contributed by atoms with Crippen LogP contribution in [0.4, 0.5) is 5.82 Å². The summed E-state index contributed by atoms with van der Waals surface area (Å²) in [5, 5.41) is 6.08. The lowest BCUT2D eigenvalue weighted by Crippen LogP contribution is -2.26. The van der Waals surface area contributed by atoms with Crippen LogP contribution in [0.15, 0.2) is 28.8 Å². The largest absolute Gasteiger partial charge is 0.466 e. The van der Waals surface area contributed by atoms with Gasteiger partial charge in [-0.1, -0.05) is 0 Å². The fourth-order valence-electron chi connectivity index (χ4n) is 2.29. The molecule has 0 aromatic carbocycles. The van der Waals surface area contributed by atoms with Crippen molar-refractivity contribution in [3.63, 3.8) is 0 Å². The highest BCUT2D eigenvalue weighted by molar-refractivity contribution is 5.95. The van der Waals surface area contributed by atoms with Gasteiger partial charge in [0.15, 0.2) is 0 Å². The summed E-state index contributed by atoms with van der Waals surface area (Å²) in [6, 6.07) is 5.30. The van der Waals surface area contributed by atoms with Crippen molar-refractivity contribution in [1.82, 2.24) is 10.3 Å². The van der Waals surface area contributed by atoms with E-state index in [1.807, 2.05) is 33.8 Å². The summed E-state index contributed by atoms with van der Waals surface area (Å²) in [4.78, 5) is 16.5. The van der Waals surface area contributed by atoms with E-state index in [0.29, 0.717) is 11.4 Å². The number of pyridine rings is 1. The Balaban J connectivity index is 2.10. The van der Waals surface area contributed by atoms with Crippen molar-refractivity contribution in [2.45, 2.75) is 33.7 Å². The fraction of sp³-hybridized carbons (Fsp3) is 0.375. The molecule has 1 amide bonds. The first-order valence-corrected chi connectivity index (χ1v) is 7.09. The van der Waals surface area contributed by atoms with Gasteiger partial charge in [-0.2, -0.15) is 0 Å². The predicted molar refractivity (Wildman–Crippen MR) is 82.5 cm³/mol. The molecule has 2 aromatic rings. The summed E-state index contributed by atoms with van der Waals surface area (Å²) < 4.78 is 5.50. The van der Waals surface area contributed by atoms with E-state index in [4.69, 9.17) is 4.42 Å². The van der Waals surface area contributed by atoms with E-state index in [2.05, 4.69) is 15.6 Å². The van der Waals surface area contributed by atoms with Gasteiger partial charge in [-0.05, 0) is 45.9 Å². The molecule has 5 nitrogen and oxygen atoms in total. The van der Waals surface area contributed by atoms with Crippen molar-refractivity contribution in [3.8, 4) is 0 Å². The Morgan fingerprint density at radius 3 is 2.76 bits per heavy atom. The number of aromatic nitrogens is 1. The standard InChI is InChI=1S/C16H21N3O2/c1-5-17-15-9-13(6-7-18-15)16(20)19-11(3)14-8-10(2)21-12(14)4/h6-9,11H,5H2,1-4H3,(H,17,18)(H,19,20). The van der Waals surface area contributed by atoms with Crippen LogP contribution in [0.25, 0.3) is 0 Å². The highest BCUT2D eigenvalue weighted by Gasteiger charge is 2.16. The van der Waals surface area contributed by atoms with Crippen LogP contribution in [-0.2, 0) is 0 Å². The molecule has 0 fully saturated rings. The zero-order chi connectivity index (χ0) is 15.4. The van der Waals surface area contributed by atoms with Gasteiger partial charge < -0.3 is 15.1 Å². The quantitative estimate of drug-likeness (QED) is 0.886. The SMILES string of the molecule is CCNc1cc(C(=O)NC(C)c2cc(C)oc2C)ccn1. The summed E-state index contributed by atoms with van der Waals surface area (Å²) in [5.41, 5.74) is 1.59. The molecule has 0 bridgehead atoms. The van der Waals surface area contributed by atoms with Crippen molar-refractivity contribution in [2.24, 2.45) is 0 Å². The van der Waals surface area contributed by atoms with E-state index >= 15 is 0 Å². The maximum absolute atomic E-state index is 12.3. The molecule has 0 saturated carbocycles. The molecule has 5 heteroatoms. The number of aryl methyl sites for hydroxylation is 2. The van der Waals surface area contributed by atoms with Crippen LogP contribution in [0.1, 0.15) is 47.3 Å². The Labute approximate surface area is 124 Å². The summed E-state index contributed by atoms with van der Waals surface area (Å²) in [7, 11) is 0. The zero-order valence-corrected chi connectivity index (χ0v) is 12.9. The van der Waals surface area contributed by atoms with Gasteiger partial charge in [-0.15, -0.1) is 0 Å². The van der Waals surface area contributed by atoms with Crippen LogP contribution >= 0.6 is 0 Å². The highest BCUT2D eigenvalue weighted by Crippen LogP contribution is 2.21. The van der Waals surface area contributed by atoms with Gasteiger partial charge in [0.2, 0.25) is 0 Å². The Kier molecular flexibility index (Phi) is 4.62. The Hall–Kier alpha value is -2.30. The summed E-state index contributed by atoms with van der Waals surface area (Å²) in [6.07, 6.45) is 1.63. The normalized spacial score (nSPS) is 12.0. The molecule has 0 aliphatic heterocycles. The maximum atomic E-state index is 12.3. The molecule has 1 unspecified atom stereocenters. The number of anilines is 1. The highest BCUT2D eigenvalue weighted by atomic mass is 16.3. The molecule has 21 heavy (non-hydrogen) atoms. The van der Waals surface area contributed by atoms with Crippen LogP contribution in [0.5, 0.6) is 0 Å². The van der Waals surface area contributed by atoms with Gasteiger partial charge >= 0.3 is 0 Å². The van der Waals surface area contributed by atoms with E-state index in [-0.39, 0.29) is 11.9 Å². The average molecular weight is 287 g/mol. The summed E-state index contributed by atoms with van der Waals surface area (Å²) >= 11 is 0. The molecule has 2 rings (SSSR count). The second-order valence-corrected chi connectivity index (χ2v) is 5.02. The molecular weight excluding hydrogens is 266 g/mol. The summed E-state index contributed by atoms with van der Waals surface area (Å²) in [6.45, 7) is 8.50. The number of hydrogen-bond donors (Lipinski definition) is 2. The van der Waals surface area contributed by atoms with Crippen molar-refractivity contribution in [1.29, 1.82) is 0 Å². The van der Waals surface area contributed by atoms with E-state index in [1.165, 1.54) is 0 Å². The molecule has 2 heterocycles. The number of carbonyl (C=O) groups is 1. The molecular formula is C16H21N3O2. The second kappa shape index (κ2) is 6.43. The van der Waals surface area contributed by atoms with Crippen LogP contribution in [0, 0.1) is 13.8 Å². The topological polar surface area (TPSA) is 67.2 Å². The minimum Gasteiger partial charge on any atom is -0.466 e. The number of carbonyl (C=O) groups excluding carboxylic acids is 1. The molecule has 2 N–H and O–H groups in total. The van der Waals surface area contributed by atoms with E-state index < -0.39 is 0 Å². The maximum Gasteiger partial charge on any atom is 0.251 e. The molecule has 2 aromatic heterocycles. The lowest BCUT2D eigenvalue weighted by molar-refractivity contribution is 0.0939. The number of nitrogens with zero attached hydrogens (tertiary/aromatic N) is 1. The lowest BCUT2D eigenvalue weighted by atomic mass is 10.1. The number of furan rings is 1. The zero-order valence-electron chi connectivity index (χ0n) is 12.9. The van der Waals surface area contributed by atoms with Gasteiger partial charge in [-0.25, -0.2) is 4.98 Å². The van der Waals surface area contributed by atoms with Crippen LogP contribution in [0.2, 0.25) is 0 Å². The molecule has 0 saturated heterocycles. The van der Waals surface area contributed by atoms with Crippen LogP contribution < -0.4 is 10.6 Å². The van der Waals surface area contributed by atoms with Gasteiger partial charge in [0.05, 0.1) is 6.04 Å². The fourth-order valence-corrected chi connectivity index (χ4v) is 2.29. The van der Waals surface area contributed by atoms with E-state index in [9.17, 15) is 4.79 Å². The minimum absolute atomic E-state index is 0.106. The molecule has 0 spiro atoms. The van der Waals surface area contributed by atoms with Crippen molar-refractivity contribution < 1.29 is 9.21 Å². The Morgan fingerprint density at radius 2 is 2.14 bits per heavy atom. The molecule has 1 atom stereocenters. The molecule has 0 aliphatic carbocycles. The van der Waals surface area contributed by atoms with Crippen molar-refractivity contribution in [2.75, 3.05) is 11.9 Å². The third-order valence-electron chi connectivity index (χ3n) is 3.27. The third kappa shape index (κ3) is 3.62. The van der Waals surface area contributed by atoms with Gasteiger partial charge in [-0.3, -0.25) is 4.79 Å². The molecule has 0 radical (unpaired) electrons. The van der Waals surface area contributed by atoms with Gasteiger partial charge in [0.1, 0.15) is 17.3 Å². The summed E-state index contributed by atoms with van der Waals surface area (Å²) in [5.74, 6) is 2.26. The number of nitrogens with one attached hydrogen (secondary N) is 2. The van der Waals surface area contributed by atoms with Crippen LogP contribution in [0.3, 0.4) is 0 Å². The molecule has 112 valence electrons. The monoisotopic (exact) mass is 287 g/mol. The number of rotatable bonds is 5.